The molecule has 0 heterocycles. The fourth-order valence-electron chi connectivity index (χ4n) is 3.53. The molecule has 180 valence electrons. The first-order valence-electron chi connectivity index (χ1n) is 10.8. The monoisotopic (exact) mass is 485 g/mol. The second kappa shape index (κ2) is 11.0. The number of non-ortho nitro benzene ring substituents is 1. The molecule has 0 fully saturated rings. The first-order valence-corrected chi connectivity index (χ1v) is 12.6. The van der Waals surface area contributed by atoms with Crippen LogP contribution < -0.4 is 14.4 Å². The number of carbonyl (C=O) groups is 1. The number of nitrogens with zero attached hydrogens (tertiary/aromatic N) is 2. The smallest absolute Gasteiger partial charge is 0.271 e. The summed E-state index contributed by atoms with van der Waals surface area (Å²) in [5.41, 5.74) is 0.630. The topological polar surface area (TPSA) is 119 Å². The third-order valence-corrected chi connectivity index (χ3v) is 6.43. The van der Waals surface area contributed by atoms with Gasteiger partial charge in [0, 0.05) is 25.1 Å². The van der Waals surface area contributed by atoms with Crippen molar-refractivity contribution < 1.29 is 22.9 Å². The summed E-state index contributed by atoms with van der Waals surface area (Å²) >= 11 is 0. The van der Waals surface area contributed by atoms with E-state index in [0.717, 1.165) is 21.3 Å². The molecule has 1 N–H and O–H groups in total. The molecule has 0 unspecified atom stereocenters. The number of amides is 1. The number of hydrogen-bond acceptors (Lipinski definition) is 6. The van der Waals surface area contributed by atoms with E-state index in [4.69, 9.17) is 4.74 Å². The van der Waals surface area contributed by atoms with Gasteiger partial charge in [-0.05, 0) is 41.8 Å². The molecule has 1 amide bonds. The number of rotatable bonds is 11. The highest BCUT2D eigenvalue weighted by Gasteiger charge is 2.22. The molecular formula is C24H27N3O6S. The summed E-state index contributed by atoms with van der Waals surface area (Å²) in [6, 6.07) is 17.8. The summed E-state index contributed by atoms with van der Waals surface area (Å²) < 4.78 is 31.4. The number of benzene rings is 3. The minimum atomic E-state index is -3.69. The van der Waals surface area contributed by atoms with Crippen molar-refractivity contribution in [2.75, 3.05) is 30.3 Å². The largest absolute Gasteiger partial charge is 0.492 e. The van der Waals surface area contributed by atoms with Crippen LogP contribution in [0.4, 0.5) is 11.4 Å². The van der Waals surface area contributed by atoms with E-state index in [1.54, 1.807) is 6.92 Å². The highest BCUT2D eigenvalue weighted by atomic mass is 32.2. The van der Waals surface area contributed by atoms with Crippen LogP contribution >= 0.6 is 0 Å². The molecule has 0 aliphatic carbocycles. The Labute approximate surface area is 198 Å². The number of nitrogens with one attached hydrogen (secondary N) is 1. The van der Waals surface area contributed by atoms with Gasteiger partial charge in [0.1, 0.15) is 12.4 Å². The Morgan fingerprint density at radius 2 is 1.82 bits per heavy atom. The zero-order chi connectivity index (χ0) is 24.7. The number of nitro groups is 1. The van der Waals surface area contributed by atoms with E-state index in [1.165, 1.54) is 18.2 Å². The Morgan fingerprint density at radius 3 is 2.53 bits per heavy atom. The maximum Gasteiger partial charge on any atom is 0.271 e. The third kappa shape index (κ3) is 6.67. The van der Waals surface area contributed by atoms with Crippen molar-refractivity contribution in [1.29, 1.82) is 0 Å². The first-order chi connectivity index (χ1) is 16.1. The van der Waals surface area contributed by atoms with Crippen molar-refractivity contribution in [3.8, 4) is 5.75 Å². The van der Waals surface area contributed by atoms with E-state index in [-0.39, 0.29) is 36.7 Å². The quantitative estimate of drug-likeness (QED) is 0.251. The molecule has 3 aromatic rings. The van der Waals surface area contributed by atoms with Gasteiger partial charge < -0.3 is 10.1 Å². The van der Waals surface area contributed by atoms with Crippen molar-refractivity contribution in [3.05, 3.63) is 76.3 Å². The number of sulfonamides is 1. The first kappa shape index (κ1) is 25.0. The molecule has 3 aromatic carbocycles. The number of carbonyl (C=O) groups excluding carboxylic acids is 1. The molecule has 0 bridgehead atoms. The molecule has 3 rings (SSSR count). The molecule has 0 saturated heterocycles. The van der Waals surface area contributed by atoms with Gasteiger partial charge in [0.25, 0.3) is 5.69 Å². The molecule has 0 aromatic heterocycles. The van der Waals surface area contributed by atoms with Crippen LogP contribution in [0.3, 0.4) is 0 Å². The molecule has 9 nitrogen and oxygen atoms in total. The van der Waals surface area contributed by atoms with Gasteiger partial charge in [-0.1, -0.05) is 36.4 Å². The van der Waals surface area contributed by atoms with E-state index in [0.29, 0.717) is 24.5 Å². The summed E-state index contributed by atoms with van der Waals surface area (Å²) in [5, 5.41) is 16.0. The Balaban J connectivity index is 1.48. The average molecular weight is 486 g/mol. The maximum atomic E-state index is 12.3. The van der Waals surface area contributed by atoms with Gasteiger partial charge in [-0.15, -0.1) is 0 Å². The summed E-state index contributed by atoms with van der Waals surface area (Å²) in [4.78, 5) is 22.7. The standard InChI is InChI=1S/C24H27N3O6S/c1-18-9-11-21(27(29)30)17-23(18)26(34(2,31)32)14-5-8-24(28)25-13-15-33-22-12-10-19-6-3-4-7-20(19)16-22/h3-4,6-7,9-12,16-17H,5,8,13-15H2,1-2H3,(H,25,28). The summed E-state index contributed by atoms with van der Waals surface area (Å²) in [6.07, 6.45) is 1.40. The second-order valence-corrected chi connectivity index (χ2v) is 9.78. The third-order valence-electron chi connectivity index (χ3n) is 5.25. The zero-order valence-electron chi connectivity index (χ0n) is 19.1. The fraction of sp³-hybridized carbons (Fsp3) is 0.292. The second-order valence-electron chi connectivity index (χ2n) is 7.87. The molecule has 34 heavy (non-hydrogen) atoms. The summed E-state index contributed by atoms with van der Waals surface area (Å²) in [5.74, 6) is 0.482. The highest BCUT2D eigenvalue weighted by molar-refractivity contribution is 7.92. The lowest BCUT2D eigenvalue weighted by Gasteiger charge is -2.24. The van der Waals surface area contributed by atoms with Gasteiger partial charge >= 0.3 is 0 Å². The molecule has 0 atom stereocenters. The van der Waals surface area contributed by atoms with Crippen LogP contribution in [0.25, 0.3) is 10.8 Å². The number of ether oxygens (including phenoxy) is 1. The van der Waals surface area contributed by atoms with Gasteiger partial charge in [-0.25, -0.2) is 8.42 Å². The minimum absolute atomic E-state index is 0.0296. The average Bonchev–Trinajstić information content (AvgIpc) is 2.79. The van der Waals surface area contributed by atoms with Gasteiger partial charge in [0.15, 0.2) is 0 Å². The van der Waals surface area contributed by atoms with E-state index in [9.17, 15) is 23.3 Å². The van der Waals surface area contributed by atoms with Crippen LogP contribution in [0.2, 0.25) is 0 Å². The van der Waals surface area contributed by atoms with Crippen LogP contribution in [0.15, 0.2) is 60.7 Å². The predicted octanol–water partition coefficient (Wildman–Crippen LogP) is 3.80. The van der Waals surface area contributed by atoms with Crippen molar-refractivity contribution in [1.82, 2.24) is 5.32 Å². The lowest BCUT2D eigenvalue weighted by atomic mass is 10.1. The van der Waals surface area contributed by atoms with Gasteiger partial charge in [0.2, 0.25) is 15.9 Å². The van der Waals surface area contributed by atoms with Crippen molar-refractivity contribution in [3.63, 3.8) is 0 Å². The number of nitro benzene ring substituents is 1. The summed E-state index contributed by atoms with van der Waals surface area (Å²) in [7, 11) is -3.69. The highest BCUT2D eigenvalue weighted by Crippen LogP contribution is 2.27. The van der Waals surface area contributed by atoms with Crippen molar-refractivity contribution in [2.24, 2.45) is 0 Å². The van der Waals surface area contributed by atoms with Crippen LogP contribution in [-0.4, -0.2) is 45.2 Å². The molecular weight excluding hydrogens is 458 g/mol. The van der Waals surface area contributed by atoms with Crippen LogP contribution in [0.1, 0.15) is 18.4 Å². The maximum absolute atomic E-state index is 12.3. The van der Waals surface area contributed by atoms with Crippen LogP contribution in [0, 0.1) is 17.0 Å². The molecule has 0 radical (unpaired) electrons. The molecule has 10 heteroatoms. The lowest BCUT2D eigenvalue weighted by molar-refractivity contribution is -0.384. The van der Waals surface area contributed by atoms with Gasteiger partial charge in [-0.2, -0.15) is 0 Å². The number of anilines is 1. The zero-order valence-corrected chi connectivity index (χ0v) is 19.9. The Kier molecular flexibility index (Phi) is 8.06. The molecule has 0 spiro atoms. The van der Waals surface area contributed by atoms with Gasteiger partial charge in [0.05, 0.1) is 23.4 Å². The number of hydrogen-bond donors (Lipinski definition) is 1. The number of fused-ring (bicyclic) bond motifs is 1. The van der Waals surface area contributed by atoms with E-state index >= 15 is 0 Å². The lowest BCUT2D eigenvalue weighted by Crippen LogP contribution is -2.33. The Hall–Kier alpha value is -3.66. The fourth-order valence-corrected chi connectivity index (χ4v) is 4.55. The Morgan fingerprint density at radius 1 is 1.09 bits per heavy atom. The van der Waals surface area contributed by atoms with E-state index < -0.39 is 14.9 Å². The molecule has 0 aliphatic heterocycles. The Bertz CT molecular complexity index is 1290. The minimum Gasteiger partial charge on any atom is -0.492 e. The van der Waals surface area contributed by atoms with Crippen LogP contribution in [-0.2, 0) is 14.8 Å². The van der Waals surface area contributed by atoms with Gasteiger partial charge in [-0.3, -0.25) is 19.2 Å². The van der Waals surface area contributed by atoms with Crippen molar-refractivity contribution >= 4 is 38.1 Å². The SMILES string of the molecule is Cc1ccc([N+](=O)[O-])cc1N(CCCC(=O)NCCOc1ccc2ccccc2c1)S(C)(=O)=O. The van der Waals surface area contributed by atoms with Crippen molar-refractivity contribution in [2.45, 2.75) is 19.8 Å². The molecule has 0 aliphatic rings. The summed E-state index contributed by atoms with van der Waals surface area (Å²) in [6.45, 7) is 2.32. The predicted molar refractivity (Wildman–Crippen MR) is 132 cm³/mol. The normalized spacial score (nSPS) is 11.2. The molecule has 0 saturated carbocycles. The van der Waals surface area contributed by atoms with E-state index in [1.807, 2.05) is 42.5 Å². The van der Waals surface area contributed by atoms with Crippen LogP contribution in [0.5, 0.6) is 5.75 Å². The number of aryl methyl sites for hydroxylation is 1. The van der Waals surface area contributed by atoms with E-state index in [2.05, 4.69) is 5.32 Å².